The highest BCUT2D eigenvalue weighted by molar-refractivity contribution is 5.82. The third-order valence-corrected chi connectivity index (χ3v) is 2.14. The number of ketones is 1. The van der Waals surface area contributed by atoms with Gasteiger partial charge in [-0.2, -0.15) is 0 Å². The average molecular weight is 192 g/mol. The van der Waals surface area contributed by atoms with Gasteiger partial charge < -0.3 is 0 Å². The first-order valence-electron chi connectivity index (χ1n) is 4.96. The van der Waals surface area contributed by atoms with Crippen molar-refractivity contribution < 1.29 is 4.79 Å². The second-order valence-electron chi connectivity index (χ2n) is 3.65. The maximum atomic E-state index is 11.5. The molecule has 0 aliphatic heterocycles. The van der Waals surface area contributed by atoms with Crippen LogP contribution in [-0.4, -0.2) is 15.8 Å². The second-order valence-corrected chi connectivity index (χ2v) is 3.65. The lowest BCUT2D eigenvalue weighted by Gasteiger charge is -2.04. The van der Waals surface area contributed by atoms with E-state index >= 15 is 0 Å². The predicted molar refractivity (Wildman–Crippen MR) is 55.0 cm³/mol. The summed E-state index contributed by atoms with van der Waals surface area (Å²) < 4.78 is 0. The Morgan fingerprint density at radius 3 is 2.57 bits per heavy atom. The highest BCUT2D eigenvalue weighted by Crippen LogP contribution is 2.04. The van der Waals surface area contributed by atoms with Crippen LogP contribution in [0.25, 0.3) is 0 Å². The molecule has 0 radical (unpaired) electrons. The molecule has 1 aromatic rings. The zero-order chi connectivity index (χ0) is 10.6. The number of aryl methyl sites for hydroxylation is 1. The zero-order valence-corrected chi connectivity index (χ0v) is 8.95. The summed E-state index contributed by atoms with van der Waals surface area (Å²) in [5.74, 6) is 0.306. The maximum Gasteiger partial charge on any atom is 0.141 e. The molecule has 0 N–H and O–H groups in total. The Morgan fingerprint density at radius 2 is 2.00 bits per heavy atom. The molecule has 0 unspecified atom stereocenters. The van der Waals surface area contributed by atoms with Crippen LogP contribution in [0.15, 0.2) is 12.4 Å². The van der Waals surface area contributed by atoms with E-state index in [2.05, 4.69) is 9.97 Å². The van der Waals surface area contributed by atoms with Crippen LogP contribution >= 0.6 is 0 Å². The highest BCUT2D eigenvalue weighted by Gasteiger charge is 2.09. The van der Waals surface area contributed by atoms with E-state index < -0.39 is 0 Å². The van der Waals surface area contributed by atoms with Crippen molar-refractivity contribution in [1.82, 2.24) is 9.97 Å². The van der Waals surface area contributed by atoms with Crippen molar-refractivity contribution in [2.75, 3.05) is 0 Å². The highest BCUT2D eigenvalue weighted by atomic mass is 16.1. The molecule has 3 heteroatoms. The second kappa shape index (κ2) is 4.84. The van der Waals surface area contributed by atoms with Gasteiger partial charge in [-0.15, -0.1) is 0 Å². The van der Waals surface area contributed by atoms with Crippen LogP contribution in [0, 0.1) is 5.92 Å². The first-order chi connectivity index (χ1) is 6.63. The van der Waals surface area contributed by atoms with Crippen LogP contribution in [-0.2, 0) is 17.6 Å². The van der Waals surface area contributed by atoms with E-state index in [4.69, 9.17) is 0 Å². The zero-order valence-electron chi connectivity index (χ0n) is 8.95. The number of hydrogen-bond donors (Lipinski definition) is 0. The van der Waals surface area contributed by atoms with Gasteiger partial charge in [-0.25, -0.2) is 9.97 Å². The molecular formula is C11H16N2O. The number of hydrogen-bond acceptors (Lipinski definition) is 3. The van der Waals surface area contributed by atoms with Gasteiger partial charge in [-0.1, -0.05) is 20.8 Å². The molecule has 0 aliphatic rings. The van der Waals surface area contributed by atoms with Crippen LogP contribution < -0.4 is 0 Å². The molecule has 0 bridgehead atoms. The number of Topliss-reactive ketones (excluding diaryl/α,β-unsaturated/α-hetero) is 1. The predicted octanol–water partition coefficient (Wildman–Crippen LogP) is 1.81. The lowest BCUT2D eigenvalue weighted by Crippen LogP contribution is -2.11. The molecule has 0 saturated heterocycles. The monoisotopic (exact) mass is 192 g/mol. The summed E-state index contributed by atoms with van der Waals surface area (Å²) >= 11 is 0. The fraction of sp³-hybridized carbons (Fsp3) is 0.545. The van der Waals surface area contributed by atoms with Crippen LogP contribution in [0.1, 0.15) is 32.2 Å². The molecule has 0 spiro atoms. The normalized spacial score (nSPS) is 10.6. The molecule has 1 aromatic heterocycles. The Morgan fingerprint density at radius 1 is 1.36 bits per heavy atom. The van der Waals surface area contributed by atoms with Crippen molar-refractivity contribution in [3.63, 3.8) is 0 Å². The van der Waals surface area contributed by atoms with E-state index in [9.17, 15) is 4.79 Å². The standard InChI is InChI=1S/C11H16N2O/c1-4-9-5-10(13-7-12-9)6-11(14)8(2)3/h5,7-8H,4,6H2,1-3H3. The molecule has 1 heterocycles. The summed E-state index contributed by atoms with van der Waals surface area (Å²) in [7, 11) is 0. The van der Waals surface area contributed by atoms with E-state index in [0.29, 0.717) is 6.42 Å². The van der Waals surface area contributed by atoms with Gasteiger partial charge in [-0.05, 0) is 12.5 Å². The lowest BCUT2D eigenvalue weighted by atomic mass is 10.0. The molecule has 0 atom stereocenters. The van der Waals surface area contributed by atoms with E-state index in [1.54, 1.807) is 0 Å². The Kier molecular flexibility index (Phi) is 3.74. The van der Waals surface area contributed by atoms with E-state index in [1.165, 1.54) is 6.33 Å². The molecule has 14 heavy (non-hydrogen) atoms. The van der Waals surface area contributed by atoms with E-state index in [1.807, 2.05) is 26.8 Å². The molecule has 3 nitrogen and oxygen atoms in total. The molecule has 0 aliphatic carbocycles. The van der Waals surface area contributed by atoms with E-state index in [-0.39, 0.29) is 11.7 Å². The average Bonchev–Trinajstić information content (AvgIpc) is 2.18. The van der Waals surface area contributed by atoms with Crippen LogP contribution in [0.2, 0.25) is 0 Å². The topological polar surface area (TPSA) is 42.9 Å². The Hall–Kier alpha value is -1.25. The third kappa shape index (κ3) is 2.91. The van der Waals surface area contributed by atoms with Gasteiger partial charge in [0.15, 0.2) is 0 Å². The smallest absolute Gasteiger partial charge is 0.141 e. The molecule has 0 aromatic carbocycles. The van der Waals surface area contributed by atoms with Gasteiger partial charge in [0.25, 0.3) is 0 Å². The minimum atomic E-state index is 0.0787. The van der Waals surface area contributed by atoms with E-state index in [0.717, 1.165) is 17.8 Å². The lowest BCUT2D eigenvalue weighted by molar-refractivity contribution is -0.121. The van der Waals surface area contributed by atoms with Gasteiger partial charge in [0.2, 0.25) is 0 Å². The number of nitrogens with zero attached hydrogens (tertiary/aromatic N) is 2. The molecule has 1 rings (SSSR count). The van der Waals surface area contributed by atoms with Gasteiger partial charge >= 0.3 is 0 Å². The number of carbonyl (C=O) groups excluding carboxylic acids is 1. The summed E-state index contributed by atoms with van der Waals surface area (Å²) in [6.07, 6.45) is 2.83. The van der Waals surface area contributed by atoms with Gasteiger partial charge in [-0.3, -0.25) is 4.79 Å². The fourth-order valence-electron chi connectivity index (χ4n) is 1.12. The molecule has 0 saturated carbocycles. The number of carbonyl (C=O) groups is 1. The minimum absolute atomic E-state index is 0.0787. The Labute approximate surface area is 84.6 Å². The Balaban J connectivity index is 2.72. The van der Waals surface area contributed by atoms with Gasteiger partial charge in [0.05, 0.1) is 5.69 Å². The molecule has 0 amide bonds. The van der Waals surface area contributed by atoms with Gasteiger partial charge in [0, 0.05) is 18.0 Å². The minimum Gasteiger partial charge on any atom is -0.299 e. The number of aromatic nitrogens is 2. The maximum absolute atomic E-state index is 11.5. The summed E-state index contributed by atoms with van der Waals surface area (Å²) in [6.45, 7) is 5.85. The Bertz CT molecular complexity index is 321. The van der Waals surface area contributed by atoms with Crippen LogP contribution in [0.3, 0.4) is 0 Å². The van der Waals surface area contributed by atoms with Crippen molar-refractivity contribution in [2.45, 2.75) is 33.6 Å². The number of rotatable bonds is 4. The van der Waals surface area contributed by atoms with Crippen molar-refractivity contribution >= 4 is 5.78 Å². The first-order valence-corrected chi connectivity index (χ1v) is 4.96. The summed E-state index contributed by atoms with van der Waals surface area (Å²) in [5.41, 5.74) is 1.82. The fourth-order valence-corrected chi connectivity index (χ4v) is 1.12. The summed E-state index contributed by atoms with van der Waals surface area (Å²) in [4.78, 5) is 19.6. The largest absolute Gasteiger partial charge is 0.299 e. The summed E-state index contributed by atoms with van der Waals surface area (Å²) in [6, 6.07) is 1.90. The van der Waals surface area contributed by atoms with Crippen molar-refractivity contribution in [3.8, 4) is 0 Å². The molecule has 76 valence electrons. The molecule has 0 fully saturated rings. The molecular weight excluding hydrogens is 176 g/mol. The quantitative estimate of drug-likeness (QED) is 0.730. The van der Waals surface area contributed by atoms with Crippen LogP contribution in [0.4, 0.5) is 0 Å². The van der Waals surface area contributed by atoms with Gasteiger partial charge in [0.1, 0.15) is 12.1 Å². The third-order valence-electron chi connectivity index (χ3n) is 2.14. The SMILES string of the molecule is CCc1cc(CC(=O)C(C)C)ncn1. The first kappa shape index (κ1) is 10.8. The summed E-state index contributed by atoms with van der Waals surface area (Å²) in [5, 5.41) is 0. The van der Waals surface area contributed by atoms with Crippen LogP contribution in [0.5, 0.6) is 0 Å². The van der Waals surface area contributed by atoms with Crippen molar-refractivity contribution in [2.24, 2.45) is 5.92 Å². The van der Waals surface area contributed by atoms with Crippen molar-refractivity contribution in [1.29, 1.82) is 0 Å². The van der Waals surface area contributed by atoms with Crippen molar-refractivity contribution in [3.05, 3.63) is 23.8 Å².